The van der Waals surface area contributed by atoms with Gasteiger partial charge in [0, 0.05) is 18.4 Å². The first-order chi connectivity index (χ1) is 17.8. The molecule has 0 spiro atoms. The molecule has 0 unspecified atom stereocenters. The first-order valence-corrected chi connectivity index (χ1v) is 13.1. The third-order valence-corrected chi connectivity index (χ3v) is 6.60. The number of hydrogen-bond donors (Lipinski definition) is 1. The Hall–Kier alpha value is -3.37. The quantitative estimate of drug-likeness (QED) is 0.207. The minimum Gasteiger partial charge on any atom is -0.508 e. The van der Waals surface area contributed by atoms with E-state index >= 15 is 0 Å². The van der Waals surface area contributed by atoms with Crippen LogP contribution in [0.1, 0.15) is 55.7 Å². The lowest BCUT2D eigenvalue weighted by Gasteiger charge is -2.26. The molecule has 0 saturated carbocycles. The van der Waals surface area contributed by atoms with Crippen LogP contribution in [0.15, 0.2) is 91.5 Å². The second-order valence-electron chi connectivity index (χ2n) is 9.95. The van der Waals surface area contributed by atoms with Crippen molar-refractivity contribution in [3.05, 3.63) is 108 Å². The number of aldehydes is 1. The van der Waals surface area contributed by atoms with E-state index in [0.717, 1.165) is 36.1 Å². The Morgan fingerprint density at radius 3 is 2.22 bits per heavy atom. The van der Waals surface area contributed by atoms with Crippen molar-refractivity contribution in [3.8, 4) is 11.5 Å². The molecule has 0 bridgehead atoms. The number of benzene rings is 3. The molecule has 4 nitrogen and oxygen atoms in total. The molecule has 3 rings (SSSR count). The number of phenols is 1. The molecule has 1 N–H and O–H groups in total. The van der Waals surface area contributed by atoms with Crippen LogP contribution < -0.4 is 4.74 Å². The van der Waals surface area contributed by atoms with E-state index < -0.39 is 0 Å². The zero-order valence-corrected chi connectivity index (χ0v) is 23.0. The van der Waals surface area contributed by atoms with Gasteiger partial charge >= 0.3 is 0 Å². The molecule has 0 aliphatic rings. The number of carbonyl (C=O) groups is 1. The summed E-state index contributed by atoms with van der Waals surface area (Å²) in [6.07, 6.45) is 3.89. The summed E-state index contributed by atoms with van der Waals surface area (Å²) in [6, 6.07) is 25.6. The Kier molecular flexibility index (Phi) is 12.7. The van der Waals surface area contributed by atoms with Crippen molar-refractivity contribution in [3.63, 3.8) is 0 Å². The van der Waals surface area contributed by atoms with Crippen molar-refractivity contribution in [2.75, 3.05) is 20.6 Å². The molecule has 0 aliphatic heterocycles. The highest BCUT2D eigenvalue weighted by Gasteiger charge is 2.18. The fourth-order valence-corrected chi connectivity index (χ4v) is 4.72. The molecular formula is C33H43NO3. The average Bonchev–Trinajstić information content (AvgIpc) is 2.89. The Balaban J connectivity index is 0.000000271. The van der Waals surface area contributed by atoms with Gasteiger partial charge in [-0.1, -0.05) is 81.4 Å². The molecule has 0 radical (unpaired) electrons. The van der Waals surface area contributed by atoms with E-state index in [2.05, 4.69) is 45.5 Å². The Morgan fingerprint density at radius 2 is 1.62 bits per heavy atom. The van der Waals surface area contributed by atoms with Gasteiger partial charge in [-0.3, -0.25) is 0 Å². The van der Waals surface area contributed by atoms with Crippen LogP contribution in [0, 0.1) is 11.8 Å². The molecule has 0 saturated heterocycles. The second-order valence-corrected chi connectivity index (χ2v) is 9.95. The third-order valence-electron chi connectivity index (χ3n) is 6.60. The first-order valence-electron chi connectivity index (χ1n) is 13.1. The number of hydrogen-bond acceptors (Lipinski definition) is 4. The number of ether oxygens (including phenoxy) is 1. The molecule has 3 aromatic rings. The van der Waals surface area contributed by atoms with Crippen molar-refractivity contribution in [1.82, 2.24) is 4.90 Å². The minimum absolute atomic E-state index is 0.0165. The van der Waals surface area contributed by atoms with Crippen molar-refractivity contribution in [2.45, 2.75) is 45.6 Å². The summed E-state index contributed by atoms with van der Waals surface area (Å²) in [5.41, 5.74) is 3.43. The third kappa shape index (κ3) is 9.89. The molecule has 4 heteroatoms. The predicted octanol–water partition coefficient (Wildman–Crippen LogP) is 7.45. The Morgan fingerprint density at radius 1 is 0.946 bits per heavy atom. The zero-order chi connectivity index (χ0) is 27.2. The molecule has 0 aromatic heterocycles. The first kappa shape index (κ1) is 29.9. The standard InChI is InChI=1S/C19H20O2.C14H23NO/c1-3-19(15(2)13-20)17-10-7-11-18(12-17)21-14-16-8-5-4-6-9-16;1-5-14(11(2)10-15(3)4)12-7-6-8-13(16)9-12/h3-13,15,19H,1,14H2,2H3;6-9,11,14,16H,5,10H2,1-4H3/t15-,19+;11-,14+/m00/s1. The summed E-state index contributed by atoms with van der Waals surface area (Å²) in [4.78, 5) is 13.2. The summed E-state index contributed by atoms with van der Waals surface area (Å²) in [5.74, 6) is 2.22. The van der Waals surface area contributed by atoms with E-state index in [9.17, 15) is 9.90 Å². The van der Waals surface area contributed by atoms with Crippen LogP contribution in [-0.4, -0.2) is 36.9 Å². The van der Waals surface area contributed by atoms with Gasteiger partial charge in [0.05, 0.1) is 0 Å². The number of phenolic OH excluding ortho intramolecular Hbond substituents is 1. The normalized spacial score (nSPS) is 14.0. The van der Waals surface area contributed by atoms with Gasteiger partial charge in [-0.15, -0.1) is 6.58 Å². The van der Waals surface area contributed by atoms with Crippen LogP contribution >= 0.6 is 0 Å². The van der Waals surface area contributed by atoms with Crippen LogP contribution in [0.5, 0.6) is 11.5 Å². The number of carbonyl (C=O) groups excluding carboxylic acids is 1. The number of allylic oxidation sites excluding steroid dienone is 1. The van der Waals surface area contributed by atoms with E-state index in [0.29, 0.717) is 24.2 Å². The lowest BCUT2D eigenvalue weighted by atomic mass is 9.85. The molecular weight excluding hydrogens is 458 g/mol. The van der Waals surface area contributed by atoms with Crippen LogP contribution in [0.2, 0.25) is 0 Å². The van der Waals surface area contributed by atoms with Gasteiger partial charge in [0.15, 0.2) is 0 Å². The minimum atomic E-state index is -0.0909. The smallest absolute Gasteiger partial charge is 0.123 e. The molecule has 198 valence electrons. The highest BCUT2D eigenvalue weighted by atomic mass is 16.5. The number of nitrogens with zero attached hydrogens (tertiary/aromatic N) is 1. The zero-order valence-electron chi connectivity index (χ0n) is 23.0. The summed E-state index contributed by atoms with van der Waals surface area (Å²) in [5, 5.41) is 9.51. The molecule has 0 heterocycles. The van der Waals surface area contributed by atoms with Gasteiger partial charge in [-0.05, 0) is 73.3 Å². The van der Waals surface area contributed by atoms with E-state index in [1.165, 1.54) is 5.56 Å². The summed E-state index contributed by atoms with van der Waals surface area (Å²) in [6.45, 7) is 11.8. The largest absolute Gasteiger partial charge is 0.508 e. The van der Waals surface area contributed by atoms with E-state index in [-0.39, 0.29) is 11.8 Å². The predicted molar refractivity (Wildman–Crippen MR) is 154 cm³/mol. The molecule has 37 heavy (non-hydrogen) atoms. The highest BCUT2D eigenvalue weighted by Crippen LogP contribution is 2.30. The number of rotatable bonds is 12. The Labute approximate surface area is 223 Å². The molecule has 3 aromatic carbocycles. The maximum absolute atomic E-state index is 11.0. The molecule has 0 fully saturated rings. The van der Waals surface area contributed by atoms with E-state index in [1.807, 2.05) is 79.7 Å². The van der Waals surface area contributed by atoms with Crippen molar-refractivity contribution >= 4 is 6.29 Å². The van der Waals surface area contributed by atoms with Crippen molar-refractivity contribution in [1.29, 1.82) is 0 Å². The van der Waals surface area contributed by atoms with Gasteiger partial charge in [0.25, 0.3) is 0 Å². The fraction of sp³-hybridized carbons (Fsp3) is 0.364. The summed E-state index contributed by atoms with van der Waals surface area (Å²) >= 11 is 0. The average molecular weight is 502 g/mol. The van der Waals surface area contributed by atoms with Crippen LogP contribution in [0.4, 0.5) is 0 Å². The van der Waals surface area contributed by atoms with Crippen molar-refractivity contribution < 1.29 is 14.6 Å². The van der Waals surface area contributed by atoms with E-state index in [1.54, 1.807) is 6.07 Å². The van der Waals surface area contributed by atoms with Crippen LogP contribution in [0.25, 0.3) is 0 Å². The SMILES string of the molecule is C=C[C@@H](c1cccc(OCc2ccccc2)c1)[C@@H](C)C=O.CC[C@@H](c1cccc(O)c1)[C@@H](C)CN(C)C. The summed E-state index contributed by atoms with van der Waals surface area (Å²) < 4.78 is 5.82. The van der Waals surface area contributed by atoms with Crippen LogP contribution in [0.3, 0.4) is 0 Å². The maximum atomic E-state index is 11.0. The lowest BCUT2D eigenvalue weighted by molar-refractivity contribution is -0.110. The molecule has 0 aliphatic carbocycles. The monoisotopic (exact) mass is 501 g/mol. The van der Waals surface area contributed by atoms with Crippen molar-refractivity contribution in [2.24, 2.45) is 11.8 Å². The van der Waals surface area contributed by atoms with Gasteiger partial charge in [-0.2, -0.15) is 0 Å². The number of aromatic hydroxyl groups is 1. The second kappa shape index (κ2) is 15.7. The van der Waals surface area contributed by atoms with Gasteiger partial charge in [0.2, 0.25) is 0 Å². The topological polar surface area (TPSA) is 49.8 Å². The Bertz CT molecular complexity index is 1080. The highest BCUT2D eigenvalue weighted by molar-refractivity contribution is 5.56. The maximum Gasteiger partial charge on any atom is 0.123 e. The fourth-order valence-electron chi connectivity index (χ4n) is 4.72. The van der Waals surface area contributed by atoms with Gasteiger partial charge < -0.3 is 19.5 Å². The van der Waals surface area contributed by atoms with E-state index in [4.69, 9.17) is 4.74 Å². The van der Waals surface area contributed by atoms with Crippen LogP contribution in [-0.2, 0) is 11.4 Å². The van der Waals surface area contributed by atoms with Gasteiger partial charge in [0.1, 0.15) is 24.4 Å². The lowest BCUT2D eigenvalue weighted by Crippen LogP contribution is -2.24. The molecule has 0 amide bonds. The molecule has 4 atom stereocenters. The summed E-state index contributed by atoms with van der Waals surface area (Å²) in [7, 11) is 4.21. The van der Waals surface area contributed by atoms with Gasteiger partial charge in [-0.25, -0.2) is 0 Å².